The van der Waals surface area contributed by atoms with Crippen molar-refractivity contribution in [3.05, 3.63) is 22.8 Å². The standard InChI is InChI=1S/C25H40O5Si/c1-16-12-17-10-9-11-21(30-31(7,8)24(2,3)4)19(17)13-18-14-25(15-20(16)18,22(26)28-5)23(27)29-6/h13,17-18,21H,9-12,14-15H2,1-8H3/t17-,18+,21+/m1/s1. The van der Waals surface area contributed by atoms with E-state index in [0.717, 1.165) is 12.8 Å². The molecule has 0 aromatic rings. The minimum absolute atomic E-state index is 0.0572. The number of ether oxygens (including phenoxy) is 2. The lowest BCUT2D eigenvalue weighted by molar-refractivity contribution is -0.168. The Bertz CT molecular complexity index is 785. The van der Waals surface area contributed by atoms with Gasteiger partial charge in [0.15, 0.2) is 13.7 Å². The second-order valence-electron chi connectivity index (χ2n) is 11.2. The van der Waals surface area contributed by atoms with Gasteiger partial charge in [-0.2, -0.15) is 0 Å². The van der Waals surface area contributed by atoms with Crippen LogP contribution in [0, 0.1) is 17.3 Å². The van der Waals surface area contributed by atoms with E-state index in [9.17, 15) is 9.59 Å². The van der Waals surface area contributed by atoms with Crippen LogP contribution in [0.25, 0.3) is 0 Å². The van der Waals surface area contributed by atoms with Gasteiger partial charge in [-0.25, -0.2) is 0 Å². The molecule has 2 saturated carbocycles. The van der Waals surface area contributed by atoms with Gasteiger partial charge in [-0.1, -0.05) is 38.0 Å². The van der Waals surface area contributed by atoms with Crippen LogP contribution < -0.4 is 0 Å². The van der Waals surface area contributed by atoms with Crippen LogP contribution in [0.5, 0.6) is 0 Å². The first kappa shape index (κ1) is 24.2. The van der Waals surface area contributed by atoms with Crippen molar-refractivity contribution < 1.29 is 23.5 Å². The Morgan fingerprint density at radius 3 is 2.26 bits per heavy atom. The van der Waals surface area contributed by atoms with Gasteiger partial charge in [-0.3, -0.25) is 9.59 Å². The number of carbonyl (C=O) groups is 2. The summed E-state index contributed by atoms with van der Waals surface area (Å²) in [7, 11) is 0.783. The molecule has 0 bridgehead atoms. The highest BCUT2D eigenvalue weighted by atomic mass is 28.4. The summed E-state index contributed by atoms with van der Waals surface area (Å²) in [4.78, 5) is 25.5. The maximum atomic E-state index is 12.7. The third-order valence-corrected chi connectivity index (χ3v) is 12.7. The lowest BCUT2D eigenvalue weighted by Crippen LogP contribution is -2.45. The first-order valence-electron chi connectivity index (χ1n) is 11.6. The summed E-state index contributed by atoms with van der Waals surface area (Å²) in [6.45, 7) is 13.6. The van der Waals surface area contributed by atoms with E-state index in [0.29, 0.717) is 18.8 Å². The average Bonchev–Trinajstić information content (AvgIpc) is 3.02. The lowest BCUT2D eigenvalue weighted by atomic mass is 9.78. The number of carbonyl (C=O) groups excluding carboxylic acids is 2. The van der Waals surface area contributed by atoms with E-state index in [2.05, 4.69) is 46.9 Å². The number of hydrogen-bond donors (Lipinski definition) is 0. The summed E-state index contributed by atoms with van der Waals surface area (Å²) in [6.07, 6.45) is 7.69. The highest BCUT2D eigenvalue weighted by Crippen LogP contribution is 2.53. The predicted octanol–water partition coefficient (Wildman–Crippen LogP) is 5.57. The van der Waals surface area contributed by atoms with Crippen LogP contribution in [0.3, 0.4) is 0 Å². The normalized spacial score (nSPS) is 28.3. The lowest BCUT2D eigenvalue weighted by Gasteiger charge is -2.43. The third-order valence-electron chi connectivity index (χ3n) is 8.26. The second kappa shape index (κ2) is 8.51. The molecular weight excluding hydrogens is 408 g/mol. The molecule has 3 aliphatic rings. The maximum absolute atomic E-state index is 12.7. The summed E-state index contributed by atoms with van der Waals surface area (Å²) in [5, 5.41) is 0.156. The summed E-state index contributed by atoms with van der Waals surface area (Å²) >= 11 is 0. The van der Waals surface area contributed by atoms with Gasteiger partial charge in [-0.05, 0) is 75.1 Å². The molecule has 0 saturated heterocycles. The SMILES string of the molecule is COC(=O)C1(C(=O)OC)CC2=C(C)C[C@H]3CCC[C@H](O[Si](C)(C)C(C)(C)C)C3=C[C@H]2C1. The van der Waals surface area contributed by atoms with Gasteiger partial charge in [0, 0.05) is 5.92 Å². The van der Waals surface area contributed by atoms with E-state index in [-0.39, 0.29) is 17.1 Å². The number of rotatable bonds is 4. The topological polar surface area (TPSA) is 61.8 Å². The van der Waals surface area contributed by atoms with Gasteiger partial charge in [0.1, 0.15) is 0 Å². The molecule has 3 rings (SSSR count). The molecule has 3 aliphatic carbocycles. The molecule has 0 amide bonds. The molecule has 31 heavy (non-hydrogen) atoms. The van der Waals surface area contributed by atoms with Gasteiger partial charge in [-0.15, -0.1) is 0 Å². The van der Waals surface area contributed by atoms with Crippen molar-refractivity contribution in [2.45, 2.75) is 90.5 Å². The van der Waals surface area contributed by atoms with Crippen LogP contribution in [0.2, 0.25) is 18.1 Å². The first-order valence-corrected chi connectivity index (χ1v) is 14.5. The second-order valence-corrected chi connectivity index (χ2v) is 16.0. The highest BCUT2D eigenvalue weighted by Gasteiger charge is 2.56. The molecule has 0 unspecified atom stereocenters. The van der Waals surface area contributed by atoms with E-state index in [1.54, 1.807) is 0 Å². The van der Waals surface area contributed by atoms with E-state index < -0.39 is 25.7 Å². The van der Waals surface area contributed by atoms with Crippen LogP contribution in [0.4, 0.5) is 0 Å². The maximum Gasteiger partial charge on any atom is 0.323 e. The molecular formula is C25H40O5Si. The Morgan fingerprint density at radius 2 is 1.71 bits per heavy atom. The smallest absolute Gasteiger partial charge is 0.323 e. The van der Waals surface area contributed by atoms with Crippen molar-refractivity contribution in [2.24, 2.45) is 17.3 Å². The summed E-state index contributed by atoms with van der Waals surface area (Å²) in [5.41, 5.74) is 2.67. The van der Waals surface area contributed by atoms with Gasteiger partial charge in [0.2, 0.25) is 0 Å². The fourth-order valence-electron chi connectivity index (χ4n) is 5.44. The average molecular weight is 449 g/mol. The quantitative estimate of drug-likeness (QED) is 0.244. The van der Waals surface area contributed by atoms with Crippen LogP contribution in [-0.2, 0) is 23.5 Å². The Kier molecular flexibility index (Phi) is 6.65. The molecule has 0 aromatic carbocycles. The Morgan fingerprint density at radius 1 is 1.10 bits per heavy atom. The number of fused-ring (bicyclic) bond motifs is 2. The van der Waals surface area contributed by atoms with E-state index in [1.165, 1.54) is 43.8 Å². The number of hydrogen-bond acceptors (Lipinski definition) is 5. The highest BCUT2D eigenvalue weighted by molar-refractivity contribution is 6.74. The molecule has 0 heterocycles. The molecule has 0 radical (unpaired) electrons. The molecule has 0 aliphatic heterocycles. The van der Waals surface area contributed by atoms with Crippen molar-refractivity contribution in [1.82, 2.24) is 0 Å². The predicted molar refractivity (Wildman–Crippen MR) is 124 cm³/mol. The molecule has 3 atom stereocenters. The van der Waals surface area contributed by atoms with E-state index in [1.807, 2.05) is 0 Å². The summed E-state index contributed by atoms with van der Waals surface area (Å²) < 4.78 is 17.0. The van der Waals surface area contributed by atoms with Gasteiger partial charge < -0.3 is 13.9 Å². The van der Waals surface area contributed by atoms with Gasteiger partial charge in [0.05, 0.1) is 20.3 Å². The number of methoxy groups -OCH3 is 2. The van der Waals surface area contributed by atoms with Crippen LogP contribution >= 0.6 is 0 Å². The summed E-state index contributed by atoms with van der Waals surface area (Å²) in [5.74, 6) is -0.421. The van der Waals surface area contributed by atoms with Crippen molar-refractivity contribution in [1.29, 1.82) is 0 Å². The van der Waals surface area contributed by atoms with E-state index >= 15 is 0 Å². The molecule has 0 spiro atoms. The zero-order chi connectivity index (χ0) is 23.2. The number of esters is 2. The minimum Gasteiger partial charge on any atom is -0.468 e. The monoisotopic (exact) mass is 448 g/mol. The fourth-order valence-corrected chi connectivity index (χ4v) is 6.76. The van der Waals surface area contributed by atoms with Crippen LogP contribution in [-0.4, -0.2) is 40.6 Å². The molecule has 0 aromatic heterocycles. The zero-order valence-corrected chi connectivity index (χ0v) is 21.6. The molecule has 5 nitrogen and oxygen atoms in total. The van der Waals surface area contributed by atoms with E-state index in [4.69, 9.17) is 13.9 Å². The van der Waals surface area contributed by atoms with Crippen molar-refractivity contribution >= 4 is 20.3 Å². The van der Waals surface area contributed by atoms with Crippen molar-refractivity contribution in [3.63, 3.8) is 0 Å². The van der Waals surface area contributed by atoms with Crippen LogP contribution in [0.1, 0.15) is 66.2 Å². The largest absolute Gasteiger partial charge is 0.468 e. The minimum atomic E-state index is -1.91. The molecule has 6 heteroatoms. The molecule has 2 fully saturated rings. The third kappa shape index (κ3) is 4.30. The van der Waals surface area contributed by atoms with Gasteiger partial charge >= 0.3 is 11.9 Å². The first-order chi connectivity index (χ1) is 14.4. The fraction of sp³-hybridized carbons (Fsp3) is 0.760. The summed E-state index contributed by atoms with van der Waals surface area (Å²) in [6, 6.07) is 0. The molecule has 0 N–H and O–H groups in total. The van der Waals surface area contributed by atoms with Crippen LogP contribution in [0.15, 0.2) is 22.8 Å². The number of allylic oxidation sites excluding steroid dienone is 3. The zero-order valence-electron chi connectivity index (χ0n) is 20.6. The molecule has 174 valence electrons. The Balaban J connectivity index is 1.98. The van der Waals surface area contributed by atoms with Crippen molar-refractivity contribution in [3.8, 4) is 0 Å². The Hall–Kier alpha value is -1.40. The van der Waals surface area contributed by atoms with Crippen molar-refractivity contribution in [2.75, 3.05) is 14.2 Å². The Labute approximate surface area is 188 Å². The van der Waals surface area contributed by atoms with Gasteiger partial charge in [0.25, 0.3) is 0 Å².